The van der Waals surface area contributed by atoms with E-state index in [2.05, 4.69) is 0 Å². The van der Waals surface area contributed by atoms with Crippen LogP contribution >= 0.6 is 0 Å². The largest absolute Gasteiger partial charge is 0.481 e. The monoisotopic (exact) mass is 404 g/mol. The molecule has 0 aromatic rings. The second-order valence-corrected chi connectivity index (χ2v) is 9.52. The van der Waals surface area contributed by atoms with Crippen molar-refractivity contribution < 1.29 is 39.4 Å². The van der Waals surface area contributed by atoms with Crippen LogP contribution in [0.15, 0.2) is 0 Å². The molecule has 0 amide bonds. The molecule has 0 heterocycles. The van der Waals surface area contributed by atoms with E-state index in [4.69, 9.17) is 19.6 Å². The van der Waals surface area contributed by atoms with E-state index in [0.717, 1.165) is 0 Å². The maximum absolute atomic E-state index is 12.3. The van der Waals surface area contributed by atoms with Crippen molar-refractivity contribution in [2.24, 2.45) is 16.7 Å². The molecule has 0 spiro atoms. The summed E-state index contributed by atoms with van der Waals surface area (Å²) in [4.78, 5) is 46.6. The molecule has 28 heavy (non-hydrogen) atoms. The van der Waals surface area contributed by atoms with Crippen molar-refractivity contribution in [3.63, 3.8) is 0 Å². The molecule has 1 rings (SSSR count). The average molecular weight is 405 g/mol. The van der Waals surface area contributed by atoms with Crippen LogP contribution in [0.5, 0.6) is 0 Å². The van der Waals surface area contributed by atoms with Crippen LogP contribution in [0.4, 0.5) is 0 Å². The van der Waals surface area contributed by atoms with Gasteiger partial charge in [0.25, 0.3) is 0 Å². The lowest BCUT2D eigenvalue weighted by Gasteiger charge is -2.39. The topological polar surface area (TPSA) is 112 Å². The van der Waals surface area contributed by atoms with Crippen molar-refractivity contribution in [1.29, 1.82) is 0 Å². The molecule has 1 fully saturated rings. The van der Waals surface area contributed by atoms with Gasteiger partial charge in [0.05, 0.1) is 17.1 Å². The van der Waals surface area contributed by atoms with Crippen molar-refractivity contribution in [2.75, 3.05) is 0 Å². The summed E-state index contributed by atoms with van der Waals surface area (Å²) in [6.07, 6.45) is -1.14. The van der Waals surface area contributed by atoms with E-state index < -0.39 is 52.1 Å². The third-order valence-corrected chi connectivity index (χ3v) is 6.49. The minimum Gasteiger partial charge on any atom is -0.481 e. The highest BCUT2D eigenvalue weighted by molar-refractivity contribution is 5.81. The predicted octanol–water partition coefficient (Wildman–Crippen LogP) is 3.83. The molecular weight excluding hydrogens is 368 g/mol. The summed E-state index contributed by atoms with van der Waals surface area (Å²) in [5.41, 5.74) is -4.16. The Morgan fingerprint density at radius 3 is 1.68 bits per heavy atom. The number of carbonyl (C=O) groups is 2. The Morgan fingerprint density at radius 1 is 0.893 bits per heavy atom. The van der Waals surface area contributed by atoms with Crippen LogP contribution < -0.4 is 0 Å². The molecule has 0 bridgehead atoms. The fourth-order valence-electron chi connectivity index (χ4n) is 3.19. The summed E-state index contributed by atoms with van der Waals surface area (Å²) < 4.78 is 0. The van der Waals surface area contributed by atoms with Gasteiger partial charge in [-0.05, 0) is 52.9 Å². The highest BCUT2D eigenvalue weighted by atomic mass is 17.2. The Morgan fingerprint density at radius 2 is 1.32 bits per heavy atom. The van der Waals surface area contributed by atoms with Crippen molar-refractivity contribution in [1.82, 2.24) is 0 Å². The van der Waals surface area contributed by atoms with Gasteiger partial charge < -0.3 is 10.2 Å². The summed E-state index contributed by atoms with van der Waals surface area (Å²) in [5.74, 6) is -3.55. The van der Waals surface area contributed by atoms with Gasteiger partial charge >= 0.3 is 11.9 Å². The van der Waals surface area contributed by atoms with E-state index in [1.165, 1.54) is 6.92 Å². The minimum atomic E-state index is -1.59. The van der Waals surface area contributed by atoms with Gasteiger partial charge in [-0.1, -0.05) is 27.7 Å². The number of hydrogen-bond acceptors (Lipinski definition) is 6. The van der Waals surface area contributed by atoms with E-state index in [9.17, 15) is 19.8 Å². The molecule has 0 aromatic heterocycles. The van der Waals surface area contributed by atoms with E-state index >= 15 is 0 Å². The summed E-state index contributed by atoms with van der Waals surface area (Å²) in [6.45, 7) is 15.6. The molecule has 4 atom stereocenters. The second-order valence-electron chi connectivity index (χ2n) is 9.52. The second kappa shape index (κ2) is 8.26. The number of aliphatic carboxylic acids is 2. The molecule has 8 heteroatoms. The van der Waals surface area contributed by atoms with Crippen molar-refractivity contribution >= 4 is 11.9 Å². The smallest absolute Gasteiger partial charge is 0.312 e. The highest BCUT2D eigenvalue weighted by Crippen LogP contribution is 2.58. The summed E-state index contributed by atoms with van der Waals surface area (Å²) in [6, 6.07) is 0. The molecule has 1 saturated carbocycles. The Labute approximate surface area is 167 Å². The van der Waals surface area contributed by atoms with Gasteiger partial charge in [-0.25, -0.2) is 19.6 Å². The van der Waals surface area contributed by atoms with E-state index in [1.54, 1.807) is 41.5 Å². The van der Waals surface area contributed by atoms with E-state index in [1.807, 2.05) is 13.8 Å². The number of carboxylic acid groups (broad SMARTS) is 2. The Balaban J connectivity index is 3.40. The minimum absolute atomic E-state index is 0.611. The van der Waals surface area contributed by atoms with Gasteiger partial charge in [-0.2, -0.15) is 0 Å². The van der Waals surface area contributed by atoms with Gasteiger partial charge in [0.2, 0.25) is 0 Å². The highest BCUT2D eigenvalue weighted by Gasteiger charge is 2.71. The number of hydrogen-bond donors (Lipinski definition) is 2. The van der Waals surface area contributed by atoms with Crippen LogP contribution in [0.1, 0.15) is 75.2 Å². The lowest BCUT2D eigenvalue weighted by Crippen LogP contribution is -2.49. The number of rotatable bonds is 10. The van der Waals surface area contributed by atoms with Gasteiger partial charge in [0, 0.05) is 0 Å². The first-order valence-electron chi connectivity index (χ1n) is 9.72. The van der Waals surface area contributed by atoms with Crippen molar-refractivity contribution in [3.8, 4) is 0 Å². The van der Waals surface area contributed by atoms with E-state index in [0.29, 0.717) is 12.8 Å². The molecule has 0 radical (unpaired) electrons. The molecule has 0 aromatic carbocycles. The lowest BCUT2D eigenvalue weighted by atomic mass is 9.65. The molecule has 1 aliphatic carbocycles. The first kappa shape index (κ1) is 24.8. The maximum atomic E-state index is 12.3. The summed E-state index contributed by atoms with van der Waals surface area (Å²) in [7, 11) is 0. The first-order chi connectivity index (χ1) is 12.6. The predicted molar refractivity (Wildman–Crippen MR) is 101 cm³/mol. The zero-order valence-corrected chi connectivity index (χ0v) is 18.5. The van der Waals surface area contributed by atoms with Crippen LogP contribution in [0, 0.1) is 16.7 Å². The molecule has 1 aliphatic rings. The zero-order chi connectivity index (χ0) is 22.1. The Hall–Kier alpha value is -1.22. The van der Waals surface area contributed by atoms with Gasteiger partial charge in [0.15, 0.2) is 0 Å². The van der Waals surface area contributed by atoms with E-state index in [-0.39, 0.29) is 0 Å². The molecule has 2 N–H and O–H groups in total. The Bertz CT molecular complexity index is 583. The Kier molecular flexibility index (Phi) is 7.32. The zero-order valence-electron chi connectivity index (χ0n) is 18.5. The molecule has 4 unspecified atom stereocenters. The third-order valence-electron chi connectivity index (χ3n) is 6.49. The van der Waals surface area contributed by atoms with Crippen LogP contribution in [0.25, 0.3) is 0 Å². The van der Waals surface area contributed by atoms with Crippen LogP contribution in [-0.4, -0.2) is 45.6 Å². The fourth-order valence-corrected chi connectivity index (χ4v) is 3.19. The fraction of sp³-hybridized carbons (Fsp3) is 0.900. The summed E-state index contributed by atoms with van der Waals surface area (Å²) >= 11 is 0. The number of carboxylic acids is 2. The molecule has 164 valence electrons. The van der Waals surface area contributed by atoms with Crippen LogP contribution in [0.3, 0.4) is 0 Å². The first-order valence-corrected chi connectivity index (χ1v) is 9.72. The third kappa shape index (κ3) is 4.50. The standard InChI is InChI=1S/C20H36O8/c1-10-17(3,4)27-25-13-12(15(21)22)19(7,8)20(9,16(23)24)14(13)26-28-18(5,6)11-2/h12-14H,10-11H2,1-9H3,(H,21,22)(H,23,24). The summed E-state index contributed by atoms with van der Waals surface area (Å²) in [5, 5.41) is 19.9. The quantitative estimate of drug-likeness (QED) is 0.417. The normalized spacial score (nSPS) is 30.4. The van der Waals surface area contributed by atoms with Crippen LogP contribution in [0.2, 0.25) is 0 Å². The van der Waals surface area contributed by atoms with Gasteiger partial charge in [-0.3, -0.25) is 9.59 Å². The van der Waals surface area contributed by atoms with Gasteiger partial charge in [0.1, 0.15) is 17.6 Å². The van der Waals surface area contributed by atoms with Crippen molar-refractivity contribution in [2.45, 2.75) is 98.6 Å². The van der Waals surface area contributed by atoms with Crippen molar-refractivity contribution in [3.05, 3.63) is 0 Å². The molecular formula is C20H36O8. The van der Waals surface area contributed by atoms with Crippen LogP contribution in [-0.2, 0) is 29.1 Å². The lowest BCUT2D eigenvalue weighted by molar-refractivity contribution is -0.438. The molecule has 0 aliphatic heterocycles. The molecule has 0 saturated heterocycles. The SMILES string of the molecule is CCC(C)(C)OOC1C(C(=O)O)C(C)(C)C(C)(C(=O)O)C1OOC(C)(C)CC. The van der Waals surface area contributed by atoms with Gasteiger partial charge in [-0.15, -0.1) is 0 Å². The maximum Gasteiger partial charge on any atom is 0.312 e. The average Bonchev–Trinajstić information content (AvgIpc) is 2.75. The molecule has 8 nitrogen and oxygen atoms in total.